The Bertz CT molecular complexity index is 917. The van der Waals surface area contributed by atoms with Gasteiger partial charge in [-0.2, -0.15) is 5.10 Å². The van der Waals surface area contributed by atoms with E-state index in [0.717, 1.165) is 31.5 Å². The molecule has 3 aliphatic rings. The van der Waals surface area contributed by atoms with Crippen molar-refractivity contribution in [3.8, 4) is 0 Å². The fourth-order valence-corrected chi connectivity index (χ4v) is 5.58. The van der Waals surface area contributed by atoms with E-state index in [4.69, 9.17) is 0 Å². The molecule has 0 radical (unpaired) electrons. The number of fused-ring (bicyclic) bond motifs is 1. The molecular formula is C25H36N6O. The van der Waals surface area contributed by atoms with Crippen LogP contribution in [0.3, 0.4) is 0 Å². The molecule has 32 heavy (non-hydrogen) atoms. The summed E-state index contributed by atoms with van der Waals surface area (Å²) in [6.45, 7) is 7.69. The van der Waals surface area contributed by atoms with E-state index in [1.54, 1.807) is 0 Å². The standard InChI is InChI=1S/C25H36N6O/c1-17(2)31-16-20(14-26-31)19-7-10-23-22(13-19)24(29-28-23)25(32)27-21-8-5-18(6-9-21)15-30-11-3-4-12-30/h5-6,8-9,14,16-17,19,22-24,28-29H,3-4,7,10-13,15H2,1-2H3,(H,27,32). The predicted octanol–water partition coefficient (Wildman–Crippen LogP) is 3.43. The molecule has 4 unspecified atom stereocenters. The molecule has 1 amide bonds. The second kappa shape index (κ2) is 9.33. The first-order valence-electron chi connectivity index (χ1n) is 12.2. The minimum Gasteiger partial charge on any atom is -0.325 e. The van der Waals surface area contributed by atoms with Crippen molar-refractivity contribution < 1.29 is 4.79 Å². The summed E-state index contributed by atoms with van der Waals surface area (Å²) in [4.78, 5) is 15.6. The van der Waals surface area contributed by atoms with Gasteiger partial charge in [-0.15, -0.1) is 0 Å². The van der Waals surface area contributed by atoms with E-state index >= 15 is 0 Å². The number of likely N-dealkylation sites (tertiary alicyclic amines) is 1. The Morgan fingerprint density at radius 3 is 2.66 bits per heavy atom. The first-order chi connectivity index (χ1) is 15.6. The number of benzene rings is 1. The summed E-state index contributed by atoms with van der Waals surface area (Å²) in [6, 6.07) is 8.85. The summed E-state index contributed by atoms with van der Waals surface area (Å²) in [5.74, 6) is 0.798. The number of rotatable bonds is 6. The molecule has 5 rings (SSSR count). The van der Waals surface area contributed by atoms with Crippen LogP contribution in [0.5, 0.6) is 0 Å². The van der Waals surface area contributed by atoms with E-state index in [9.17, 15) is 4.79 Å². The normalized spacial score (nSPS) is 28.2. The molecule has 172 valence electrons. The first kappa shape index (κ1) is 21.6. The lowest BCUT2D eigenvalue weighted by Crippen LogP contribution is -2.42. The highest BCUT2D eigenvalue weighted by molar-refractivity contribution is 5.95. The van der Waals surface area contributed by atoms with Gasteiger partial charge in [0, 0.05) is 36.4 Å². The van der Waals surface area contributed by atoms with Crippen molar-refractivity contribution in [2.45, 2.75) is 76.5 Å². The van der Waals surface area contributed by atoms with Gasteiger partial charge < -0.3 is 5.32 Å². The van der Waals surface area contributed by atoms with Gasteiger partial charge in [0.2, 0.25) is 5.91 Å². The van der Waals surface area contributed by atoms with Crippen LogP contribution in [0.25, 0.3) is 0 Å². The van der Waals surface area contributed by atoms with Gasteiger partial charge in [0.05, 0.1) is 6.20 Å². The second-order valence-corrected chi connectivity index (χ2v) is 10.1. The van der Waals surface area contributed by atoms with Crippen LogP contribution in [-0.2, 0) is 11.3 Å². The van der Waals surface area contributed by atoms with Crippen molar-refractivity contribution in [3.05, 3.63) is 47.8 Å². The molecule has 3 N–H and O–H groups in total. The summed E-state index contributed by atoms with van der Waals surface area (Å²) in [5, 5.41) is 7.67. The average Bonchev–Trinajstić information content (AvgIpc) is 3.55. The Morgan fingerprint density at radius 2 is 1.94 bits per heavy atom. The largest absolute Gasteiger partial charge is 0.325 e. The zero-order valence-corrected chi connectivity index (χ0v) is 19.3. The summed E-state index contributed by atoms with van der Waals surface area (Å²) >= 11 is 0. The molecule has 7 nitrogen and oxygen atoms in total. The lowest BCUT2D eigenvalue weighted by atomic mass is 9.74. The Morgan fingerprint density at radius 1 is 1.16 bits per heavy atom. The lowest BCUT2D eigenvalue weighted by Gasteiger charge is -2.32. The van der Waals surface area contributed by atoms with E-state index in [-0.39, 0.29) is 17.9 Å². The predicted molar refractivity (Wildman–Crippen MR) is 126 cm³/mol. The highest BCUT2D eigenvalue weighted by Gasteiger charge is 2.44. The quantitative estimate of drug-likeness (QED) is 0.647. The van der Waals surface area contributed by atoms with Gasteiger partial charge in [-0.3, -0.25) is 19.8 Å². The molecule has 1 aromatic heterocycles. The van der Waals surface area contributed by atoms with Crippen LogP contribution in [0.15, 0.2) is 36.7 Å². The number of carbonyl (C=O) groups excluding carboxylic acids is 1. The summed E-state index contributed by atoms with van der Waals surface area (Å²) < 4.78 is 2.03. The highest BCUT2D eigenvalue weighted by atomic mass is 16.2. The van der Waals surface area contributed by atoms with Crippen LogP contribution in [0.4, 0.5) is 5.69 Å². The van der Waals surface area contributed by atoms with Crippen LogP contribution in [0.1, 0.15) is 69.0 Å². The molecule has 2 aliphatic heterocycles. The number of nitrogens with zero attached hydrogens (tertiary/aromatic N) is 3. The zero-order valence-electron chi connectivity index (χ0n) is 19.3. The minimum atomic E-state index is -0.216. The maximum Gasteiger partial charge on any atom is 0.243 e. The summed E-state index contributed by atoms with van der Waals surface area (Å²) in [5.41, 5.74) is 10.1. The van der Waals surface area contributed by atoms with Gasteiger partial charge in [-0.1, -0.05) is 12.1 Å². The topological polar surface area (TPSA) is 74.2 Å². The molecule has 1 aromatic carbocycles. The first-order valence-corrected chi connectivity index (χ1v) is 12.2. The van der Waals surface area contributed by atoms with Gasteiger partial charge in [-0.25, -0.2) is 5.43 Å². The van der Waals surface area contributed by atoms with Gasteiger partial charge in [0.25, 0.3) is 0 Å². The Labute approximate surface area is 190 Å². The summed E-state index contributed by atoms with van der Waals surface area (Å²) in [7, 11) is 0. The number of hydrogen-bond acceptors (Lipinski definition) is 5. The van der Waals surface area contributed by atoms with Crippen LogP contribution in [0.2, 0.25) is 0 Å². The van der Waals surface area contributed by atoms with Crippen LogP contribution < -0.4 is 16.2 Å². The third kappa shape index (κ3) is 4.60. The molecule has 7 heteroatoms. The van der Waals surface area contributed by atoms with Crippen molar-refractivity contribution in [1.82, 2.24) is 25.5 Å². The Hall–Kier alpha value is -2.22. The van der Waals surface area contributed by atoms with E-state index in [1.807, 2.05) is 23.0 Å². The van der Waals surface area contributed by atoms with Gasteiger partial charge in [0.15, 0.2) is 0 Å². The molecule has 2 saturated heterocycles. The molecule has 0 bridgehead atoms. The van der Waals surface area contributed by atoms with Gasteiger partial charge in [-0.05, 0) is 88.2 Å². The number of carbonyl (C=O) groups is 1. The van der Waals surface area contributed by atoms with E-state index in [1.165, 1.54) is 37.1 Å². The van der Waals surface area contributed by atoms with Gasteiger partial charge >= 0.3 is 0 Å². The molecule has 1 aliphatic carbocycles. The molecule has 0 spiro atoms. The van der Waals surface area contributed by atoms with Crippen molar-refractivity contribution >= 4 is 11.6 Å². The summed E-state index contributed by atoms with van der Waals surface area (Å²) in [6.07, 6.45) is 10.0. The van der Waals surface area contributed by atoms with Crippen LogP contribution in [-0.4, -0.2) is 45.8 Å². The average molecular weight is 437 g/mol. The lowest BCUT2D eigenvalue weighted by molar-refractivity contribution is -0.119. The smallest absolute Gasteiger partial charge is 0.243 e. The maximum atomic E-state index is 13.1. The third-order valence-corrected chi connectivity index (χ3v) is 7.48. The maximum absolute atomic E-state index is 13.1. The van der Waals surface area contributed by atoms with Crippen molar-refractivity contribution in [1.29, 1.82) is 0 Å². The zero-order chi connectivity index (χ0) is 22.1. The number of amides is 1. The number of nitrogens with one attached hydrogen (secondary N) is 3. The number of aromatic nitrogens is 2. The minimum absolute atomic E-state index is 0.0517. The molecule has 3 heterocycles. The monoisotopic (exact) mass is 436 g/mol. The number of hydrazine groups is 1. The van der Waals surface area contributed by atoms with E-state index < -0.39 is 0 Å². The molecule has 2 aromatic rings. The van der Waals surface area contributed by atoms with E-state index in [2.05, 4.69) is 58.3 Å². The van der Waals surface area contributed by atoms with Gasteiger partial charge in [0.1, 0.15) is 6.04 Å². The molecule has 4 atom stereocenters. The van der Waals surface area contributed by atoms with Crippen molar-refractivity contribution in [3.63, 3.8) is 0 Å². The van der Waals surface area contributed by atoms with Crippen LogP contribution in [0, 0.1) is 5.92 Å². The van der Waals surface area contributed by atoms with Crippen molar-refractivity contribution in [2.24, 2.45) is 5.92 Å². The number of hydrogen-bond donors (Lipinski definition) is 3. The third-order valence-electron chi connectivity index (χ3n) is 7.48. The second-order valence-electron chi connectivity index (χ2n) is 10.1. The highest BCUT2D eigenvalue weighted by Crippen LogP contribution is 2.39. The molecule has 1 saturated carbocycles. The van der Waals surface area contributed by atoms with Crippen molar-refractivity contribution in [2.75, 3.05) is 18.4 Å². The fourth-order valence-electron chi connectivity index (χ4n) is 5.58. The molecule has 3 fully saturated rings. The Kier molecular flexibility index (Phi) is 6.31. The Balaban J connectivity index is 1.20. The van der Waals surface area contributed by atoms with Crippen LogP contribution >= 0.6 is 0 Å². The van der Waals surface area contributed by atoms with E-state index in [0.29, 0.717) is 18.0 Å². The number of anilines is 1. The SMILES string of the molecule is CC(C)n1cc(C2CCC3NNC(C(=O)Nc4ccc(CN5CCCC5)cc4)C3C2)cn1. The molecular weight excluding hydrogens is 400 g/mol. The fraction of sp³-hybridized carbons (Fsp3) is 0.600.